The van der Waals surface area contributed by atoms with Gasteiger partial charge in [0.2, 0.25) is 0 Å². The molecule has 1 aliphatic rings. The van der Waals surface area contributed by atoms with Gasteiger partial charge in [-0.3, -0.25) is 4.98 Å². The molecule has 2 aromatic carbocycles. The van der Waals surface area contributed by atoms with Crippen LogP contribution < -0.4 is 10.2 Å². The fourth-order valence-corrected chi connectivity index (χ4v) is 4.85. The number of rotatable bonds is 5. The van der Waals surface area contributed by atoms with E-state index in [1.807, 2.05) is 48.5 Å². The highest BCUT2D eigenvalue weighted by Gasteiger charge is 2.42. The van der Waals surface area contributed by atoms with E-state index in [2.05, 4.69) is 53.3 Å². The standard InChI is InChI=1S/C27H24ClN3OS/c1-3-18-8-11-20(12-9-18)31-26(25(30-27(31)33)22-6-4-5-15-29-22)24-14-13-23(32-24)21-16-19(28)10-7-17(21)2/h4-16,25-26H,3H2,1-2H3,(H,30,33)/t25-,26-/m1/s1. The average molecular weight is 474 g/mol. The zero-order chi connectivity index (χ0) is 22.9. The molecule has 1 N–H and O–H groups in total. The van der Waals surface area contributed by atoms with Crippen LogP contribution in [0, 0.1) is 6.92 Å². The quantitative estimate of drug-likeness (QED) is 0.315. The number of nitrogens with zero attached hydrogens (tertiary/aromatic N) is 2. The Bertz CT molecular complexity index is 1290. The van der Waals surface area contributed by atoms with E-state index in [1.165, 1.54) is 5.56 Å². The predicted molar refractivity (Wildman–Crippen MR) is 138 cm³/mol. The third-order valence-corrected chi connectivity index (χ3v) is 6.65. The highest BCUT2D eigenvalue weighted by Crippen LogP contribution is 2.43. The van der Waals surface area contributed by atoms with Gasteiger partial charge in [0.05, 0.1) is 11.7 Å². The van der Waals surface area contributed by atoms with Crippen molar-refractivity contribution < 1.29 is 4.42 Å². The Morgan fingerprint density at radius 3 is 2.61 bits per heavy atom. The van der Waals surface area contributed by atoms with Gasteiger partial charge in [-0.15, -0.1) is 0 Å². The number of hydrogen-bond acceptors (Lipinski definition) is 3. The fraction of sp³-hybridized carbons (Fsp3) is 0.185. The Hall–Kier alpha value is -3.15. The van der Waals surface area contributed by atoms with Crippen molar-refractivity contribution in [1.82, 2.24) is 10.3 Å². The molecule has 0 radical (unpaired) electrons. The molecule has 0 saturated carbocycles. The van der Waals surface area contributed by atoms with E-state index in [0.717, 1.165) is 40.4 Å². The number of nitrogens with one attached hydrogen (secondary N) is 1. The summed E-state index contributed by atoms with van der Waals surface area (Å²) >= 11 is 12.1. The predicted octanol–water partition coefficient (Wildman–Crippen LogP) is 7.04. The first-order valence-corrected chi connectivity index (χ1v) is 11.8. The Balaban J connectivity index is 1.60. The molecule has 2 atom stereocenters. The number of thiocarbonyl (C=S) groups is 1. The van der Waals surface area contributed by atoms with Gasteiger partial charge in [-0.25, -0.2) is 0 Å². The first-order chi connectivity index (χ1) is 16.0. The van der Waals surface area contributed by atoms with Gasteiger partial charge in [-0.05, 0) is 85.2 Å². The molecule has 1 aliphatic heterocycles. The molecule has 2 aromatic heterocycles. The number of hydrogen-bond donors (Lipinski definition) is 1. The van der Waals surface area contributed by atoms with Gasteiger partial charge in [0.1, 0.15) is 17.6 Å². The molecule has 0 amide bonds. The van der Waals surface area contributed by atoms with Crippen LogP contribution in [0.25, 0.3) is 11.3 Å². The summed E-state index contributed by atoms with van der Waals surface area (Å²) in [4.78, 5) is 6.74. The Labute approximate surface area is 204 Å². The van der Waals surface area contributed by atoms with Crippen LogP contribution in [0.4, 0.5) is 5.69 Å². The molecule has 3 heterocycles. The van der Waals surface area contributed by atoms with Crippen LogP contribution in [0.15, 0.2) is 83.4 Å². The van der Waals surface area contributed by atoms with E-state index in [1.54, 1.807) is 6.20 Å². The molecule has 33 heavy (non-hydrogen) atoms. The van der Waals surface area contributed by atoms with Gasteiger partial charge >= 0.3 is 0 Å². The fourth-order valence-electron chi connectivity index (χ4n) is 4.33. The number of halogens is 1. The maximum atomic E-state index is 6.46. The zero-order valence-corrected chi connectivity index (χ0v) is 20.0. The van der Waals surface area contributed by atoms with Crippen molar-refractivity contribution in [3.05, 3.63) is 107 Å². The molecule has 4 aromatic rings. The Kier molecular flexibility index (Phi) is 5.92. The van der Waals surface area contributed by atoms with Crippen LogP contribution in [0.1, 0.15) is 41.6 Å². The van der Waals surface area contributed by atoms with Gasteiger partial charge in [0, 0.05) is 22.5 Å². The summed E-state index contributed by atoms with van der Waals surface area (Å²) in [5.74, 6) is 1.59. The van der Waals surface area contributed by atoms with Crippen LogP contribution >= 0.6 is 23.8 Å². The molecule has 5 rings (SSSR count). The topological polar surface area (TPSA) is 41.3 Å². The lowest BCUT2D eigenvalue weighted by Crippen LogP contribution is -2.29. The van der Waals surface area contributed by atoms with E-state index in [-0.39, 0.29) is 12.1 Å². The van der Waals surface area contributed by atoms with Crippen LogP contribution in [-0.4, -0.2) is 10.1 Å². The largest absolute Gasteiger partial charge is 0.459 e. The van der Waals surface area contributed by atoms with Gasteiger partial charge in [-0.1, -0.05) is 42.8 Å². The molecule has 0 bridgehead atoms. The van der Waals surface area contributed by atoms with E-state index >= 15 is 0 Å². The first-order valence-electron chi connectivity index (χ1n) is 11.0. The third kappa shape index (κ3) is 4.14. The lowest BCUT2D eigenvalue weighted by molar-refractivity contribution is 0.439. The smallest absolute Gasteiger partial charge is 0.174 e. The Morgan fingerprint density at radius 1 is 1.06 bits per heavy atom. The van der Waals surface area contributed by atoms with Crippen molar-refractivity contribution >= 4 is 34.6 Å². The van der Waals surface area contributed by atoms with Crippen molar-refractivity contribution in [1.29, 1.82) is 0 Å². The first kappa shape index (κ1) is 21.7. The van der Waals surface area contributed by atoms with Gasteiger partial charge < -0.3 is 14.6 Å². The third-order valence-electron chi connectivity index (χ3n) is 6.10. The maximum absolute atomic E-state index is 6.46. The van der Waals surface area contributed by atoms with Gasteiger partial charge in [-0.2, -0.15) is 0 Å². The summed E-state index contributed by atoms with van der Waals surface area (Å²) in [5.41, 5.74) is 5.30. The number of anilines is 1. The maximum Gasteiger partial charge on any atom is 0.174 e. The number of aromatic nitrogens is 1. The molecular formula is C27H24ClN3OS. The van der Waals surface area contributed by atoms with Gasteiger partial charge in [0.25, 0.3) is 0 Å². The summed E-state index contributed by atoms with van der Waals surface area (Å²) in [6, 6.07) is 24.0. The second kappa shape index (κ2) is 9.00. The summed E-state index contributed by atoms with van der Waals surface area (Å²) in [7, 11) is 0. The molecule has 1 saturated heterocycles. The van der Waals surface area contributed by atoms with E-state index in [0.29, 0.717) is 10.1 Å². The minimum atomic E-state index is -0.187. The van der Waals surface area contributed by atoms with E-state index in [4.69, 9.17) is 28.2 Å². The minimum Gasteiger partial charge on any atom is -0.459 e. The van der Waals surface area contributed by atoms with Crippen molar-refractivity contribution in [2.75, 3.05) is 4.90 Å². The second-order valence-electron chi connectivity index (χ2n) is 8.18. The summed E-state index contributed by atoms with van der Waals surface area (Å²) in [6.45, 7) is 4.21. The van der Waals surface area contributed by atoms with Crippen molar-refractivity contribution in [2.24, 2.45) is 0 Å². The SMILES string of the molecule is CCc1ccc(N2C(=S)N[C@H](c3ccccn3)[C@H]2c2ccc(-c3cc(Cl)ccc3C)o2)cc1. The number of furan rings is 1. The van der Waals surface area contributed by atoms with E-state index < -0.39 is 0 Å². The van der Waals surface area contributed by atoms with Crippen LogP contribution in [-0.2, 0) is 6.42 Å². The molecule has 0 spiro atoms. The average Bonchev–Trinajstić information content (AvgIpc) is 3.46. The number of benzene rings is 2. The molecule has 0 unspecified atom stereocenters. The lowest BCUT2D eigenvalue weighted by Gasteiger charge is -2.26. The molecule has 6 heteroatoms. The highest BCUT2D eigenvalue weighted by atomic mass is 35.5. The summed E-state index contributed by atoms with van der Waals surface area (Å²) in [6.07, 6.45) is 2.79. The van der Waals surface area contributed by atoms with E-state index in [9.17, 15) is 0 Å². The van der Waals surface area contributed by atoms with Crippen molar-refractivity contribution in [3.63, 3.8) is 0 Å². The number of pyridine rings is 1. The summed E-state index contributed by atoms with van der Waals surface area (Å²) < 4.78 is 6.46. The normalized spacial score (nSPS) is 17.9. The molecule has 4 nitrogen and oxygen atoms in total. The van der Waals surface area contributed by atoms with Crippen molar-refractivity contribution in [3.8, 4) is 11.3 Å². The van der Waals surface area contributed by atoms with Crippen molar-refractivity contribution in [2.45, 2.75) is 32.4 Å². The second-order valence-corrected chi connectivity index (χ2v) is 9.00. The monoisotopic (exact) mass is 473 g/mol. The highest BCUT2D eigenvalue weighted by molar-refractivity contribution is 7.80. The molecule has 1 fully saturated rings. The summed E-state index contributed by atoms with van der Waals surface area (Å²) in [5, 5.41) is 4.81. The van der Waals surface area contributed by atoms with Gasteiger partial charge in [0.15, 0.2) is 5.11 Å². The minimum absolute atomic E-state index is 0.149. The lowest BCUT2D eigenvalue weighted by atomic mass is 10.0. The van der Waals surface area contributed by atoms with Crippen LogP contribution in [0.5, 0.6) is 0 Å². The Morgan fingerprint density at radius 2 is 1.88 bits per heavy atom. The molecular weight excluding hydrogens is 450 g/mol. The molecule has 166 valence electrons. The number of aryl methyl sites for hydroxylation is 2. The van der Waals surface area contributed by atoms with Crippen LogP contribution in [0.2, 0.25) is 5.02 Å². The zero-order valence-electron chi connectivity index (χ0n) is 18.5. The van der Waals surface area contributed by atoms with Crippen LogP contribution in [0.3, 0.4) is 0 Å². The molecule has 0 aliphatic carbocycles.